The minimum atomic E-state index is -0.985. The zero-order valence-electron chi connectivity index (χ0n) is 35.3. The first-order valence-electron chi connectivity index (χ1n) is 21.9. The molecule has 0 radical (unpaired) electrons. The number of unbranched alkanes of at least 4 members (excludes halogenated alkanes) is 8. The number of benzene rings is 2. The van der Waals surface area contributed by atoms with Crippen molar-refractivity contribution in [3.63, 3.8) is 0 Å². The highest BCUT2D eigenvalue weighted by Crippen LogP contribution is 2.38. The summed E-state index contributed by atoms with van der Waals surface area (Å²) in [6.45, 7) is 3.74. The number of imide groups is 2. The van der Waals surface area contributed by atoms with Crippen LogP contribution in [0.1, 0.15) is 135 Å². The lowest BCUT2D eigenvalue weighted by Crippen LogP contribution is -2.54. The summed E-state index contributed by atoms with van der Waals surface area (Å²) in [7, 11) is 0. The maximum Gasteiger partial charge on any atom is 0.264 e. The number of fused-ring (bicyclic) bond motifs is 1. The summed E-state index contributed by atoms with van der Waals surface area (Å²) in [5, 5.41) is 10.4. The van der Waals surface area contributed by atoms with Crippen LogP contribution in [0.25, 0.3) is 11.1 Å². The number of likely N-dealkylation sites (tertiary alicyclic amines) is 1. The van der Waals surface area contributed by atoms with E-state index in [9.17, 15) is 28.4 Å². The standard InChI is InChI=1S/C46H53Cl2FN8O6/c1-28(40-33(47)15-16-34(49)42(40)48)63-37-24-29(25-52-43(37)50)30-26-53-56(27-30)31-19-22-55(23-20-31)39(59)14-9-7-5-3-2-4-6-8-10-21-51-35-13-11-12-32-41(35)46(62)57(45(32)61)36-17-18-38(58)54-44(36)60/h11-13,15-16,24-28,31,36,51H,2-10,14,17-23H2,1H3,(H2,50,52)(H,54,58,60)/t28-,36?/m1/s1. The van der Waals surface area contributed by atoms with Gasteiger partial charge in [-0.1, -0.05) is 74.2 Å². The Bertz CT molecular complexity index is 2350. The van der Waals surface area contributed by atoms with Gasteiger partial charge >= 0.3 is 0 Å². The van der Waals surface area contributed by atoms with E-state index in [1.807, 2.05) is 15.8 Å². The van der Waals surface area contributed by atoms with E-state index in [-0.39, 0.29) is 51.8 Å². The lowest BCUT2D eigenvalue weighted by Gasteiger charge is -2.32. The first kappa shape index (κ1) is 45.5. The molecular weight excluding hydrogens is 850 g/mol. The second-order valence-corrected chi connectivity index (χ2v) is 17.3. The van der Waals surface area contributed by atoms with Crippen LogP contribution in [0.3, 0.4) is 0 Å². The van der Waals surface area contributed by atoms with Gasteiger partial charge < -0.3 is 20.7 Å². The van der Waals surface area contributed by atoms with Crippen LogP contribution in [0.2, 0.25) is 10.0 Å². The molecule has 0 saturated carbocycles. The van der Waals surface area contributed by atoms with Crippen LogP contribution < -0.4 is 21.1 Å². The summed E-state index contributed by atoms with van der Waals surface area (Å²) in [6, 6.07) is 8.68. The summed E-state index contributed by atoms with van der Waals surface area (Å²) < 4.78 is 22.2. The number of aromatic nitrogens is 3. The molecule has 4 aromatic rings. The molecule has 3 aliphatic rings. The number of nitrogens with zero attached hydrogens (tertiary/aromatic N) is 5. The number of rotatable bonds is 19. The van der Waals surface area contributed by atoms with Crippen molar-refractivity contribution >= 4 is 64.2 Å². The zero-order chi connectivity index (χ0) is 44.6. The van der Waals surface area contributed by atoms with Gasteiger partial charge in [0.05, 0.1) is 28.4 Å². The summed E-state index contributed by atoms with van der Waals surface area (Å²) in [6.07, 6.45) is 16.6. The number of piperidine rings is 2. The van der Waals surface area contributed by atoms with Crippen LogP contribution in [0.15, 0.2) is 55.0 Å². The van der Waals surface area contributed by atoms with Crippen LogP contribution in [-0.4, -0.2) is 79.8 Å². The molecule has 63 heavy (non-hydrogen) atoms. The fraction of sp³-hybridized carbons (Fsp3) is 0.457. The van der Waals surface area contributed by atoms with Crippen molar-refractivity contribution in [2.45, 2.75) is 115 Å². The van der Waals surface area contributed by atoms with Gasteiger partial charge in [-0.25, -0.2) is 9.37 Å². The zero-order valence-corrected chi connectivity index (χ0v) is 36.9. The molecule has 2 saturated heterocycles. The molecule has 1 unspecified atom stereocenters. The molecule has 2 aromatic heterocycles. The Hall–Kier alpha value is -5.54. The van der Waals surface area contributed by atoms with Crippen molar-refractivity contribution < 1.29 is 33.1 Å². The summed E-state index contributed by atoms with van der Waals surface area (Å²) in [5.41, 5.74) is 9.18. The molecule has 5 amide bonds. The second kappa shape index (κ2) is 20.8. The van der Waals surface area contributed by atoms with Crippen molar-refractivity contribution in [2.75, 3.05) is 30.7 Å². The SMILES string of the molecule is C[C@@H](Oc1cc(-c2cnn(C3CCN(C(=O)CCCCCCCCCCCNc4cccc5c4C(=O)N(C4CCC(=O)NC4=O)C5=O)CC3)c2)cnc1N)c1c(Cl)ccc(F)c1Cl. The van der Waals surface area contributed by atoms with E-state index >= 15 is 0 Å². The Kier molecular flexibility index (Phi) is 15.0. The average Bonchev–Trinajstić information content (AvgIpc) is 3.86. The summed E-state index contributed by atoms with van der Waals surface area (Å²) in [4.78, 5) is 70.6. The fourth-order valence-electron chi connectivity index (χ4n) is 8.62. The third-order valence-electron chi connectivity index (χ3n) is 12.1. The number of ether oxygens (including phenoxy) is 1. The van der Waals surface area contributed by atoms with Crippen LogP contribution >= 0.6 is 23.2 Å². The number of hydrogen-bond donors (Lipinski definition) is 3. The van der Waals surface area contributed by atoms with Gasteiger partial charge in [-0.2, -0.15) is 5.10 Å². The monoisotopic (exact) mass is 902 g/mol. The van der Waals surface area contributed by atoms with Crippen LogP contribution in [0, 0.1) is 5.82 Å². The summed E-state index contributed by atoms with van der Waals surface area (Å²) in [5.74, 6) is -1.93. The minimum Gasteiger partial charge on any atom is -0.482 e. The second-order valence-electron chi connectivity index (χ2n) is 16.5. The van der Waals surface area contributed by atoms with E-state index in [2.05, 4.69) is 20.7 Å². The molecule has 0 bridgehead atoms. The topological polar surface area (TPSA) is 182 Å². The van der Waals surface area contributed by atoms with Crippen LogP contribution in [-0.2, 0) is 14.4 Å². The quantitative estimate of drug-likeness (QED) is 0.0468. The van der Waals surface area contributed by atoms with E-state index in [1.54, 1.807) is 43.6 Å². The first-order chi connectivity index (χ1) is 30.4. The molecule has 5 heterocycles. The number of carbonyl (C=O) groups is 5. The van der Waals surface area contributed by atoms with Gasteiger partial charge in [0, 0.05) is 72.3 Å². The third-order valence-corrected chi connectivity index (χ3v) is 12.9. The maximum absolute atomic E-state index is 14.1. The minimum absolute atomic E-state index is 0.0827. The number of nitrogen functional groups attached to an aromatic ring is 1. The van der Waals surface area contributed by atoms with Gasteiger partial charge in [0.1, 0.15) is 18.0 Å². The molecule has 2 atom stereocenters. The van der Waals surface area contributed by atoms with E-state index in [0.717, 1.165) is 86.7 Å². The van der Waals surface area contributed by atoms with E-state index in [0.29, 0.717) is 43.1 Å². The molecule has 2 aromatic carbocycles. The molecule has 14 nitrogen and oxygen atoms in total. The number of carbonyl (C=O) groups excluding carboxylic acids is 5. The Labute approximate surface area is 376 Å². The molecule has 0 spiro atoms. The number of pyridine rings is 1. The van der Waals surface area contributed by atoms with Crippen molar-refractivity contribution in [3.8, 4) is 16.9 Å². The van der Waals surface area contributed by atoms with Gasteiger partial charge in [0.25, 0.3) is 11.8 Å². The largest absolute Gasteiger partial charge is 0.482 e. The van der Waals surface area contributed by atoms with E-state index in [1.165, 1.54) is 12.1 Å². The van der Waals surface area contributed by atoms with Gasteiger partial charge in [-0.3, -0.25) is 38.9 Å². The van der Waals surface area contributed by atoms with E-state index < -0.39 is 41.6 Å². The van der Waals surface area contributed by atoms with E-state index in [4.69, 9.17) is 33.7 Å². The summed E-state index contributed by atoms with van der Waals surface area (Å²) >= 11 is 12.5. The lowest BCUT2D eigenvalue weighted by molar-refractivity contribution is -0.136. The normalized spacial score (nSPS) is 17.2. The predicted octanol–water partition coefficient (Wildman–Crippen LogP) is 8.69. The van der Waals surface area contributed by atoms with Gasteiger partial charge in [0.2, 0.25) is 17.7 Å². The van der Waals surface area contributed by atoms with Crippen LogP contribution in [0.4, 0.5) is 15.9 Å². The molecule has 3 aliphatic heterocycles. The van der Waals surface area contributed by atoms with Crippen LogP contribution in [0.5, 0.6) is 5.75 Å². The number of anilines is 2. The molecule has 4 N–H and O–H groups in total. The van der Waals surface area contributed by atoms with Crippen molar-refractivity contribution in [1.29, 1.82) is 0 Å². The fourth-order valence-corrected chi connectivity index (χ4v) is 9.30. The van der Waals surface area contributed by atoms with Crippen molar-refractivity contribution in [1.82, 2.24) is 29.9 Å². The Balaban J connectivity index is 0.746. The Morgan fingerprint density at radius 2 is 1.65 bits per heavy atom. The van der Waals surface area contributed by atoms with Gasteiger partial charge in [-0.05, 0) is 69.4 Å². The predicted molar refractivity (Wildman–Crippen MR) is 238 cm³/mol. The highest BCUT2D eigenvalue weighted by molar-refractivity contribution is 6.36. The Morgan fingerprint density at radius 3 is 2.38 bits per heavy atom. The number of halogens is 3. The number of nitrogens with one attached hydrogen (secondary N) is 2. The maximum atomic E-state index is 14.1. The number of nitrogens with two attached hydrogens (primary N) is 1. The molecule has 0 aliphatic carbocycles. The lowest BCUT2D eigenvalue weighted by atomic mass is 10.0. The third kappa shape index (κ3) is 10.6. The average molecular weight is 904 g/mol. The van der Waals surface area contributed by atoms with Crippen molar-refractivity contribution in [2.24, 2.45) is 0 Å². The highest BCUT2D eigenvalue weighted by atomic mass is 35.5. The molecule has 17 heteroatoms. The first-order valence-corrected chi connectivity index (χ1v) is 22.6. The highest BCUT2D eigenvalue weighted by Gasteiger charge is 2.45. The van der Waals surface area contributed by atoms with Gasteiger partial charge in [-0.15, -0.1) is 0 Å². The molecule has 7 rings (SSSR count). The Morgan fingerprint density at radius 1 is 0.937 bits per heavy atom. The van der Waals surface area contributed by atoms with Gasteiger partial charge in [0.15, 0.2) is 11.6 Å². The number of amides is 5. The smallest absolute Gasteiger partial charge is 0.264 e. The molecular formula is C46H53Cl2FN8O6. The number of hydrogen-bond acceptors (Lipinski definition) is 10. The van der Waals surface area contributed by atoms with Crippen molar-refractivity contribution in [3.05, 3.63) is 87.5 Å². The molecule has 2 fully saturated rings. The molecule has 334 valence electrons.